The van der Waals surface area contributed by atoms with E-state index in [9.17, 15) is 9.18 Å². The number of carbonyl (C=O) groups excluding carboxylic acids is 1. The summed E-state index contributed by atoms with van der Waals surface area (Å²) < 4.78 is 15.9. The smallest absolute Gasteiger partial charge is 0.225 e. The van der Waals surface area contributed by atoms with Crippen LogP contribution >= 0.6 is 11.3 Å². The summed E-state index contributed by atoms with van der Waals surface area (Å²) >= 11 is 1.56. The molecule has 0 bridgehead atoms. The SMILES string of the molecule is O=C(C1CCCCC1)N1CCN(c2nn3c(NC4CCCC4)c(-c4cccc(F)c4)nc3s2)CC1. The largest absolute Gasteiger partial charge is 0.365 e. The van der Waals surface area contributed by atoms with Gasteiger partial charge in [-0.3, -0.25) is 4.79 Å². The number of hydrogen-bond acceptors (Lipinski definition) is 6. The van der Waals surface area contributed by atoms with E-state index in [1.807, 2.05) is 10.6 Å². The van der Waals surface area contributed by atoms with Crippen LogP contribution < -0.4 is 10.2 Å². The molecular weight excluding hydrogens is 463 g/mol. The van der Waals surface area contributed by atoms with Crippen molar-refractivity contribution in [3.05, 3.63) is 30.1 Å². The van der Waals surface area contributed by atoms with E-state index in [2.05, 4.69) is 15.1 Å². The summed E-state index contributed by atoms with van der Waals surface area (Å²) in [6, 6.07) is 7.02. The predicted molar refractivity (Wildman–Crippen MR) is 138 cm³/mol. The number of hydrogen-bond donors (Lipinski definition) is 1. The molecule has 0 radical (unpaired) electrons. The average molecular weight is 497 g/mol. The average Bonchev–Trinajstić information content (AvgIpc) is 3.62. The van der Waals surface area contributed by atoms with Gasteiger partial charge in [0.2, 0.25) is 16.0 Å². The molecule has 35 heavy (non-hydrogen) atoms. The Kier molecular flexibility index (Phi) is 6.35. The Balaban J connectivity index is 1.22. The number of aromatic nitrogens is 3. The van der Waals surface area contributed by atoms with Gasteiger partial charge in [-0.25, -0.2) is 9.37 Å². The molecule has 1 saturated heterocycles. The van der Waals surface area contributed by atoms with Crippen molar-refractivity contribution in [2.45, 2.75) is 63.8 Å². The van der Waals surface area contributed by atoms with Crippen molar-refractivity contribution in [2.75, 3.05) is 36.4 Å². The molecule has 2 saturated carbocycles. The molecule has 1 amide bonds. The highest BCUT2D eigenvalue weighted by atomic mass is 32.1. The fourth-order valence-electron chi connectivity index (χ4n) is 5.82. The van der Waals surface area contributed by atoms with Crippen LogP contribution in [0.25, 0.3) is 16.2 Å². The zero-order valence-electron chi connectivity index (χ0n) is 20.1. The van der Waals surface area contributed by atoms with E-state index in [4.69, 9.17) is 10.1 Å². The first-order valence-electron chi connectivity index (χ1n) is 13.1. The first kappa shape index (κ1) is 22.8. The van der Waals surface area contributed by atoms with E-state index < -0.39 is 0 Å². The number of benzene rings is 1. The summed E-state index contributed by atoms with van der Waals surface area (Å²) in [5.74, 6) is 1.16. The van der Waals surface area contributed by atoms with Crippen LogP contribution in [0.5, 0.6) is 0 Å². The Morgan fingerprint density at radius 3 is 2.49 bits per heavy atom. The molecule has 1 N–H and O–H groups in total. The van der Waals surface area contributed by atoms with E-state index in [-0.39, 0.29) is 11.7 Å². The molecule has 0 spiro atoms. The Morgan fingerprint density at radius 1 is 1.00 bits per heavy atom. The van der Waals surface area contributed by atoms with E-state index in [0.29, 0.717) is 11.9 Å². The highest BCUT2D eigenvalue weighted by molar-refractivity contribution is 7.20. The third-order valence-electron chi connectivity index (χ3n) is 7.80. The number of anilines is 2. The molecule has 2 aromatic heterocycles. The molecule has 0 unspecified atom stereocenters. The minimum absolute atomic E-state index is 0.226. The lowest BCUT2D eigenvalue weighted by Gasteiger charge is -2.36. The Morgan fingerprint density at radius 2 is 1.74 bits per heavy atom. The van der Waals surface area contributed by atoms with Crippen molar-refractivity contribution in [3.63, 3.8) is 0 Å². The Bertz CT molecular complexity index is 1190. The summed E-state index contributed by atoms with van der Waals surface area (Å²) in [6.07, 6.45) is 10.4. The fourth-order valence-corrected chi connectivity index (χ4v) is 6.78. The van der Waals surface area contributed by atoms with Crippen molar-refractivity contribution in [1.82, 2.24) is 19.5 Å². The maximum atomic E-state index is 14.0. The number of piperazine rings is 1. The standard InChI is InChI=1S/C26H33FN6OS/c27-20-10-6-9-19(17-20)22-23(28-21-11-4-5-12-21)33-25(29-22)35-26(30-33)32-15-13-31(14-16-32)24(34)18-7-2-1-3-8-18/h6,9-10,17-18,21,28H,1-5,7-8,11-16H2. The van der Waals surface area contributed by atoms with Crippen molar-refractivity contribution in [2.24, 2.45) is 5.92 Å². The zero-order valence-corrected chi connectivity index (χ0v) is 20.9. The Labute approximate surface area is 209 Å². The number of nitrogens with one attached hydrogen (secondary N) is 1. The molecule has 9 heteroatoms. The monoisotopic (exact) mass is 496 g/mol. The van der Waals surface area contributed by atoms with Gasteiger partial charge in [0.15, 0.2) is 5.82 Å². The topological polar surface area (TPSA) is 65.8 Å². The number of imidazole rings is 1. The summed E-state index contributed by atoms with van der Waals surface area (Å²) in [6.45, 7) is 3.08. The predicted octanol–water partition coefficient (Wildman–Crippen LogP) is 5.18. The molecule has 3 fully saturated rings. The van der Waals surface area contributed by atoms with Crippen molar-refractivity contribution in [3.8, 4) is 11.3 Å². The summed E-state index contributed by atoms with van der Waals surface area (Å²) in [5.41, 5.74) is 1.52. The number of nitrogens with zero attached hydrogens (tertiary/aromatic N) is 5. The van der Waals surface area contributed by atoms with Gasteiger partial charge in [0, 0.05) is 43.7 Å². The molecule has 3 heterocycles. The van der Waals surface area contributed by atoms with E-state index in [1.54, 1.807) is 17.4 Å². The highest BCUT2D eigenvalue weighted by Gasteiger charge is 2.30. The number of fused-ring (bicyclic) bond motifs is 1. The molecule has 2 aliphatic carbocycles. The molecule has 1 aromatic carbocycles. The van der Waals surface area contributed by atoms with Gasteiger partial charge in [0.25, 0.3) is 0 Å². The van der Waals surface area contributed by atoms with Crippen LogP contribution in [0, 0.1) is 11.7 Å². The lowest BCUT2D eigenvalue weighted by molar-refractivity contribution is -0.136. The van der Waals surface area contributed by atoms with Crippen LogP contribution in [0.4, 0.5) is 15.3 Å². The molecule has 7 nitrogen and oxygen atoms in total. The van der Waals surface area contributed by atoms with Crippen LogP contribution in [0.3, 0.4) is 0 Å². The summed E-state index contributed by atoms with van der Waals surface area (Å²) in [4.78, 5) is 23.0. The number of rotatable bonds is 5. The zero-order chi connectivity index (χ0) is 23.8. The summed E-state index contributed by atoms with van der Waals surface area (Å²) in [7, 11) is 0. The molecular formula is C26H33FN6OS. The normalized spacial score (nSPS) is 20.1. The van der Waals surface area contributed by atoms with Crippen molar-refractivity contribution >= 4 is 33.2 Å². The van der Waals surface area contributed by atoms with E-state index in [0.717, 1.165) is 79.0 Å². The van der Waals surface area contributed by atoms with E-state index >= 15 is 0 Å². The number of carbonyl (C=O) groups is 1. The first-order chi connectivity index (χ1) is 17.2. The lowest BCUT2D eigenvalue weighted by Crippen LogP contribution is -2.50. The molecule has 3 aliphatic rings. The minimum atomic E-state index is -0.264. The van der Waals surface area contributed by atoms with Gasteiger partial charge in [0.1, 0.15) is 11.5 Å². The van der Waals surface area contributed by atoms with Crippen LogP contribution in [-0.2, 0) is 4.79 Å². The third kappa shape index (κ3) is 4.62. The van der Waals surface area contributed by atoms with Crippen molar-refractivity contribution in [1.29, 1.82) is 0 Å². The molecule has 186 valence electrons. The molecule has 1 aliphatic heterocycles. The van der Waals surface area contributed by atoms with Gasteiger partial charge >= 0.3 is 0 Å². The Hall–Kier alpha value is -2.68. The first-order valence-corrected chi connectivity index (χ1v) is 13.9. The molecule has 0 atom stereocenters. The lowest BCUT2D eigenvalue weighted by atomic mass is 9.88. The molecule has 6 rings (SSSR count). The quantitative estimate of drug-likeness (QED) is 0.527. The highest BCUT2D eigenvalue weighted by Crippen LogP contribution is 2.36. The third-order valence-corrected chi connectivity index (χ3v) is 8.77. The maximum Gasteiger partial charge on any atom is 0.225 e. The van der Waals surface area contributed by atoms with Crippen LogP contribution in [0.15, 0.2) is 24.3 Å². The van der Waals surface area contributed by atoms with Crippen LogP contribution in [0.1, 0.15) is 57.8 Å². The molecule has 3 aromatic rings. The maximum absolute atomic E-state index is 14.0. The van der Waals surface area contributed by atoms with Crippen molar-refractivity contribution < 1.29 is 9.18 Å². The van der Waals surface area contributed by atoms with Gasteiger partial charge in [-0.15, -0.1) is 5.10 Å². The van der Waals surface area contributed by atoms with Crippen LogP contribution in [0.2, 0.25) is 0 Å². The van der Waals surface area contributed by atoms with Gasteiger partial charge in [-0.1, -0.05) is 55.6 Å². The number of halogens is 1. The summed E-state index contributed by atoms with van der Waals surface area (Å²) in [5, 5.41) is 9.55. The van der Waals surface area contributed by atoms with Gasteiger partial charge in [-0.2, -0.15) is 4.52 Å². The number of amides is 1. The van der Waals surface area contributed by atoms with Gasteiger partial charge in [-0.05, 0) is 37.8 Å². The second-order valence-corrected chi connectivity index (χ2v) is 11.1. The fraction of sp³-hybridized carbons (Fsp3) is 0.577. The van der Waals surface area contributed by atoms with Crippen LogP contribution in [-0.4, -0.2) is 57.6 Å². The second-order valence-electron chi connectivity index (χ2n) is 10.2. The second kappa shape index (κ2) is 9.76. The van der Waals surface area contributed by atoms with E-state index in [1.165, 1.54) is 44.2 Å². The van der Waals surface area contributed by atoms with Gasteiger partial charge in [0.05, 0.1) is 0 Å². The minimum Gasteiger partial charge on any atom is -0.365 e. The van der Waals surface area contributed by atoms with Gasteiger partial charge < -0.3 is 15.1 Å².